The van der Waals surface area contributed by atoms with E-state index < -0.39 is 17.3 Å². The monoisotopic (exact) mass is 507 g/mol. The minimum atomic E-state index is -4.41. The zero-order chi connectivity index (χ0) is 19.1. The molecule has 150 valence electrons. The SMILES string of the molecule is CCNC(=NCC(C)(C)C(=O)NC)NCCc1nc(C(F)(F)F)cs1.I. The van der Waals surface area contributed by atoms with Crippen LogP contribution in [0.15, 0.2) is 10.4 Å². The molecule has 1 aromatic rings. The van der Waals surface area contributed by atoms with Crippen molar-refractivity contribution in [3.8, 4) is 0 Å². The van der Waals surface area contributed by atoms with Crippen molar-refractivity contribution in [2.24, 2.45) is 10.4 Å². The maximum atomic E-state index is 12.5. The Kier molecular flexibility index (Phi) is 10.4. The molecule has 0 radical (unpaired) electrons. The third-order valence-corrected chi connectivity index (χ3v) is 4.20. The Bertz CT molecular complexity index is 604. The summed E-state index contributed by atoms with van der Waals surface area (Å²) in [6.45, 7) is 6.76. The zero-order valence-corrected chi connectivity index (χ0v) is 18.3. The summed E-state index contributed by atoms with van der Waals surface area (Å²) in [6.07, 6.45) is -4.06. The van der Waals surface area contributed by atoms with Crippen molar-refractivity contribution in [1.82, 2.24) is 20.9 Å². The van der Waals surface area contributed by atoms with Gasteiger partial charge in [0.15, 0.2) is 11.7 Å². The molecule has 0 aliphatic carbocycles. The summed E-state index contributed by atoms with van der Waals surface area (Å²) >= 11 is 0.982. The quantitative estimate of drug-likeness (QED) is 0.302. The fraction of sp³-hybridized carbons (Fsp3) is 0.667. The van der Waals surface area contributed by atoms with Gasteiger partial charge in [-0.1, -0.05) is 0 Å². The molecule has 1 rings (SSSR count). The fourth-order valence-corrected chi connectivity index (χ4v) is 2.68. The standard InChI is InChI=1S/C15H24F3N5OS.HI/c1-5-20-13(22-9-14(2,3)12(24)19-4)21-7-6-11-23-10(8-25-11)15(16,17)18;/h8H,5-7,9H2,1-4H3,(H,19,24)(H2,20,21,22);1H. The molecule has 0 unspecified atom stereocenters. The second kappa shape index (κ2) is 10.9. The Hall–Kier alpha value is -1.11. The number of hydrogen-bond donors (Lipinski definition) is 3. The van der Waals surface area contributed by atoms with Crippen LogP contribution in [0.5, 0.6) is 0 Å². The predicted octanol–water partition coefficient (Wildman–Crippen LogP) is 2.65. The number of carbonyl (C=O) groups is 1. The highest BCUT2D eigenvalue weighted by molar-refractivity contribution is 14.0. The van der Waals surface area contributed by atoms with Gasteiger partial charge in [-0.05, 0) is 20.8 Å². The van der Waals surface area contributed by atoms with E-state index in [-0.39, 0.29) is 36.4 Å². The highest BCUT2D eigenvalue weighted by Crippen LogP contribution is 2.29. The molecule has 26 heavy (non-hydrogen) atoms. The number of nitrogens with zero attached hydrogens (tertiary/aromatic N) is 2. The number of rotatable bonds is 7. The first kappa shape index (κ1) is 24.9. The molecule has 0 bridgehead atoms. The molecule has 0 fully saturated rings. The molecule has 1 aromatic heterocycles. The predicted molar refractivity (Wildman–Crippen MR) is 108 cm³/mol. The van der Waals surface area contributed by atoms with Gasteiger partial charge in [0.1, 0.15) is 0 Å². The van der Waals surface area contributed by atoms with Crippen LogP contribution >= 0.6 is 35.3 Å². The lowest BCUT2D eigenvalue weighted by atomic mass is 9.93. The van der Waals surface area contributed by atoms with Crippen LogP contribution in [-0.4, -0.2) is 43.5 Å². The van der Waals surface area contributed by atoms with Gasteiger partial charge in [-0.3, -0.25) is 9.79 Å². The maximum absolute atomic E-state index is 12.5. The molecule has 1 amide bonds. The Morgan fingerprint density at radius 3 is 2.46 bits per heavy atom. The van der Waals surface area contributed by atoms with Crippen LogP contribution in [0.3, 0.4) is 0 Å². The average Bonchev–Trinajstić information content (AvgIpc) is 3.01. The number of halogens is 4. The van der Waals surface area contributed by atoms with Gasteiger partial charge in [0, 0.05) is 31.9 Å². The van der Waals surface area contributed by atoms with Crippen molar-refractivity contribution in [3.05, 3.63) is 16.1 Å². The lowest BCUT2D eigenvalue weighted by Crippen LogP contribution is -2.41. The maximum Gasteiger partial charge on any atom is 0.434 e. The van der Waals surface area contributed by atoms with Gasteiger partial charge in [0.2, 0.25) is 5.91 Å². The minimum absolute atomic E-state index is 0. The number of alkyl halides is 3. The topological polar surface area (TPSA) is 78.4 Å². The van der Waals surface area contributed by atoms with E-state index in [9.17, 15) is 18.0 Å². The molecular weight excluding hydrogens is 482 g/mol. The first-order chi connectivity index (χ1) is 11.6. The smallest absolute Gasteiger partial charge is 0.359 e. The Morgan fingerprint density at radius 2 is 1.96 bits per heavy atom. The van der Waals surface area contributed by atoms with E-state index >= 15 is 0 Å². The highest BCUT2D eigenvalue weighted by Gasteiger charge is 2.33. The number of hydrogen-bond acceptors (Lipinski definition) is 4. The zero-order valence-electron chi connectivity index (χ0n) is 15.2. The summed E-state index contributed by atoms with van der Waals surface area (Å²) in [5, 5.41) is 10.1. The Labute approximate surface area is 172 Å². The molecule has 0 aliphatic heterocycles. The van der Waals surface area contributed by atoms with E-state index in [4.69, 9.17) is 0 Å². The van der Waals surface area contributed by atoms with Gasteiger partial charge in [-0.2, -0.15) is 13.2 Å². The van der Waals surface area contributed by atoms with E-state index in [1.807, 2.05) is 6.92 Å². The fourth-order valence-electron chi connectivity index (χ4n) is 1.87. The van der Waals surface area contributed by atoms with Gasteiger partial charge in [-0.25, -0.2) is 4.98 Å². The number of nitrogens with one attached hydrogen (secondary N) is 3. The number of aliphatic imine (C=N–C) groups is 1. The van der Waals surface area contributed by atoms with Crippen LogP contribution in [0.1, 0.15) is 31.5 Å². The van der Waals surface area contributed by atoms with Crippen molar-refractivity contribution in [3.63, 3.8) is 0 Å². The highest BCUT2D eigenvalue weighted by atomic mass is 127. The van der Waals surface area contributed by atoms with Crippen LogP contribution in [0.25, 0.3) is 0 Å². The van der Waals surface area contributed by atoms with Crippen LogP contribution < -0.4 is 16.0 Å². The van der Waals surface area contributed by atoms with E-state index in [1.54, 1.807) is 20.9 Å². The molecule has 0 aromatic carbocycles. The number of thiazole rings is 1. The van der Waals surface area contributed by atoms with Crippen LogP contribution in [0, 0.1) is 5.41 Å². The number of amides is 1. The molecule has 6 nitrogen and oxygen atoms in total. The van der Waals surface area contributed by atoms with E-state index in [1.165, 1.54) is 0 Å². The number of aromatic nitrogens is 1. The van der Waals surface area contributed by atoms with E-state index in [0.717, 1.165) is 16.7 Å². The molecule has 0 aliphatic rings. The Morgan fingerprint density at radius 1 is 1.31 bits per heavy atom. The van der Waals surface area contributed by atoms with Gasteiger partial charge < -0.3 is 16.0 Å². The van der Waals surface area contributed by atoms with Crippen molar-refractivity contribution in [2.45, 2.75) is 33.4 Å². The second-order valence-corrected chi connectivity index (χ2v) is 6.90. The first-order valence-corrected chi connectivity index (χ1v) is 8.74. The lowest BCUT2D eigenvalue weighted by Gasteiger charge is -2.21. The van der Waals surface area contributed by atoms with Crippen molar-refractivity contribution >= 4 is 47.2 Å². The summed E-state index contributed by atoms with van der Waals surface area (Å²) in [5.41, 5.74) is -1.52. The van der Waals surface area contributed by atoms with Crippen LogP contribution in [-0.2, 0) is 17.4 Å². The lowest BCUT2D eigenvalue weighted by molar-refractivity contribution is -0.140. The summed E-state index contributed by atoms with van der Waals surface area (Å²) < 4.78 is 37.6. The van der Waals surface area contributed by atoms with Crippen molar-refractivity contribution in [2.75, 3.05) is 26.7 Å². The van der Waals surface area contributed by atoms with E-state index in [0.29, 0.717) is 30.5 Å². The minimum Gasteiger partial charge on any atom is -0.359 e. The number of guanidine groups is 1. The molecule has 3 N–H and O–H groups in total. The molecule has 0 saturated carbocycles. The molecule has 11 heteroatoms. The number of carbonyl (C=O) groups excluding carboxylic acids is 1. The van der Waals surface area contributed by atoms with Crippen LogP contribution in [0.4, 0.5) is 13.2 Å². The summed E-state index contributed by atoms with van der Waals surface area (Å²) in [5.74, 6) is 0.390. The summed E-state index contributed by atoms with van der Waals surface area (Å²) in [7, 11) is 1.57. The first-order valence-electron chi connectivity index (χ1n) is 7.86. The molecule has 0 spiro atoms. The molecule has 0 atom stereocenters. The van der Waals surface area contributed by atoms with Gasteiger partial charge >= 0.3 is 6.18 Å². The molecule has 0 saturated heterocycles. The molecular formula is C15H25F3IN5OS. The molecule has 1 heterocycles. The van der Waals surface area contributed by atoms with Crippen LogP contribution in [0.2, 0.25) is 0 Å². The van der Waals surface area contributed by atoms with Gasteiger partial charge in [-0.15, -0.1) is 35.3 Å². The second-order valence-electron chi connectivity index (χ2n) is 5.96. The van der Waals surface area contributed by atoms with Crippen molar-refractivity contribution < 1.29 is 18.0 Å². The largest absolute Gasteiger partial charge is 0.434 e. The van der Waals surface area contributed by atoms with Crippen molar-refractivity contribution in [1.29, 1.82) is 0 Å². The average molecular weight is 507 g/mol. The normalized spacial score (nSPS) is 12.3. The third kappa shape index (κ3) is 8.06. The Balaban J connectivity index is 0.00000625. The third-order valence-electron chi connectivity index (χ3n) is 3.29. The van der Waals surface area contributed by atoms with Gasteiger partial charge in [0.05, 0.1) is 17.0 Å². The van der Waals surface area contributed by atoms with E-state index in [2.05, 4.69) is 25.9 Å². The summed E-state index contributed by atoms with van der Waals surface area (Å²) in [4.78, 5) is 19.7. The van der Waals surface area contributed by atoms with Gasteiger partial charge in [0.25, 0.3) is 0 Å². The summed E-state index contributed by atoms with van der Waals surface area (Å²) in [6, 6.07) is 0.